The van der Waals surface area contributed by atoms with Gasteiger partial charge in [0.15, 0.2) is 0 Å². The number of hydrogen-bond donors (Lipinski definition) is 2. The lowest BCUT2D eigenvalue weighted by Gasteiger charge is -2.45. The lowest BCUT2D eigenvalue weighted by atomic mass is 9.84. The molecule has 126 valence electrons. The van der Waals surface area contributed by atoms with Gasteiger partial charge in [-0.1, -0.05) is 18.6 Å². The molecule has 1 heterocycles. The van der Waals surface area contributed by atoms with Crippen LogP contribution in [-0.2, 0) is 5.41 Å². The monoisotopic (exact) mass is 324 g/mol. The predicted octanol–water partition coefficient (Wildman–Crippen LogP) is 2.60. The fourth-order valence-corrected chi connectivity index (χ4v) is 3.59. The minimum Gasteiger partial charge on any atom is -0.369 e. The number of guanidine groups is 2. The lowest BCUT2D eigenvalue weighted by molar-refractivity contribution is 0.305. The summed E-state index contributed by atoms with van der Waals surface area (Å²) < 4.78 is 0. The first-order valence-electron chi connectivity index (χ1n) is 8.39. The number of benzene rings is 1. The molecule has 4 N–H and O–H groups in total. The first-order valence-corrected chi connectivity index (χ1v) is 8.39. The Labute approximate surface area is 142 Å². The second-order valence-corrected chi connectivity index (χ2v) is 7.11. The molecule has 1 saturated carbocycles. The third-order valence-electron chi connectivity index (χ3n) is 4.96. The zero-order valence-electron chi connectivity index (χ0n) is 14.3. The highest BCUT2D eigenvalue weighted by atomic mass is 15.4. The Morgan fingerprint density at radius 1 is 1.21 bits per heavy atom. The fraction of sp³-hybridized carbons (Fsp3) is 0.500. The summed E-state index contributed by atoms with van der Waals surface area (Å²) in [5.74, 6) is 0.621. The standard InChI is InChI=1S/C18H24N6/c1-17(2,12-19)13-7-6-8-14(11-13)24-16(21)22-15(20)23-18(24)9-4-3-5-10-18/h6-8,11H,3-5,9-10H2,1-2H3,(H4,20,21,22,23). The van der Waals surface area contributed by atoms with Crippen molar-refractivity contribution in [3.05, 3.63) is 29.8 Å². The van der Waals surface area contributed by atoms with Gasteiger partial charge in [0.1, 0.15) is 5.66 Å². The van der Waals surface area contributed by atoms with Gasteiger partial charge in [-0.2, -0.15) is 10.3 Å². The van der Waals surface area contributed by atoms with E-state index in [0.717, 1.165) is 36.9 Å². The van der Waals surface area contributed by atoms with Crippen LogP contribution in [0.15, 0.2) is 34.3 Å². The van der Waals surface area contributed by atoms with Crippen LogP contribution >= 0.6 is 0 Å². The molecule has 0 atom stereocenters. The van der Waals surface area contributed by atoms with Crippen LogP contribution in [0.1, 0.15) is 51.5 Å². The molecule has 0 radical (unpaired) electrons. The van der Waals surface area contributed by atoms with E-state index in [0.29, 0.717) is 5.96 Å². The number of aliphatic imine (C=N–C) groups is 2. The Balaban J connectivity index is 2.08. The lowest BCUT2D eigenvalue weighted by Crippen LogP contribution is -2.58. The van der Waals surface area contributed by atoms with E-state index in [9.17, 15) is 5.26 Å². The van der Waals surface area contributed by atoms with Gasteiger partial charge in [0, 0.05) is 5.69 Å². The minimum atomic E-state index is -0.570. The molecule has 3 rings (SSSR count). The maximum Gasteiger partial charge on any atom is 0.220 e. The number of rotatable bonds is 2. The van der Waals surface area contributed by atoms with Crippen LogP contribution in [0.5, 0.6) is 0 Å². The van der Waals surface area contributed by atoms with Crippen LogP contribution in [0.4, 0.5) is 5.69 Å². The Morgan fingerprint density at radius 2 is 1.92 bits per heavy atom. The summed E-state index contributed by atoms with van der Waals surface area (Å²) in [7, 11) is 0. The zero-order chi connectivity index (χ0) is 17.4. The summed E-state index contributed by atoms with van der Waals surface area (Å²) in [6.07, 6.45) is 5.17. The topological polar surface area (TPSA) is 104 Å². The van der Waals surface area contributed by atoms with Gasteiger partial charge in [0.25, 0.3) is 0 Å². The van der Waals surface area contributed by atoms with Crippen LogP contribution in [0.25, 0.3) is 0 Å². The highest BCUT2D eigenvalue weighted by Crippen LogP contribution is 2.40. The molecule has 0 amide bonds. The van der Waals surface area contributed by atoms with Gasteiger partial charge in [-0.05, 0) is 57.2 Å². The molecule has 1 aromatic rings. The molecule has 0 bridgehead atoms. The Bertz CT molecular complexity index is 734. The molecule has 1 aliphatic carbocycles. The predicted molar refractivity (Wildman–Crippen MR) is 96.6 cm³/mol. The van der Waals surface area contributed by atoms with Crippen LogP contribution in [0.2, 0.25) is 0 Å². The van der Waals surface area contributed by atoms with E-state index in [1.54, 1.807) is 0 Å². The van der Waals surface area contributed by atoms with Crippen molar-refractivity contribution < 1.29 is 0 Å². The summed E-state index contributed by atoms with van der Waals surface area (Å²) in [4.78, 5) is 10.9. The van der Waals surface area contributed by atoms with E-state index in [4.69, 9.17) is 11.5 Å². The van der Waals surface area contributed by atoms with E-state index < -0.39 is 11.1 Å². The summed E-state index contributed by atoms with van der Waals surface area (Å²) in [6, 6.07) is 10.3. The molecular formula is C18H24N6. The van der Waals surface area contributed by atoms with Crippen molar-refractivity contribution in [2.24, 2.45) is 21.5 Å². The third-order valence-corrected chi connectivity index (χ3v) is 4.96. The minimum absolute atomic E-state index is 0.249. The highest BCUT2D eigenvalue weighted by molar-refractivity contribution is 6.05. The average molecular weight is 324 g/mol. The van der Waals surface area contributed by atoms with Crippen molar-refractivity contribution in [1.29, 1.82) is 5.26 Å². The largest absolute Gasteiger partial charge is 0.369 e. The van der Waals surface area contributed by atoms with Crippen LogP contribution in [0, 0.1) is 11.3 Å². The van der Waals surface area contributed by atoms with Crippen molar-refractivity contribution in [3.8, 4) is 6.07 Å². The van der Waals surface area contributed by atoms with Crippen molar-refractivity contribution in [2.45, 2.75) is 57.0 Å². The number of nitrogens with zero attached hydrogens (tertiary/aromatic N) is 4. The first kappa shape index (κ1) is 16.3. The van der Waals surface area contributed by atoms with Gasteiger partial charge in [-0.15, -0.1) is 0 Å². The van der Waals surface area contributed by atoms with Crippen molar-refractivity contribution in [1.82, 2.24) is 0 Å². The SMILES string of the molecule is CC(C)(C#N)c1cccc(N2C(N)=NC(N)=NC23CCCCC3)c1. The molecule has 6 heteroatoms. The van der Waals surface area contributed by atoms with E-state index in [1.165, 1.54) is 6.42 Å². The van der Waals surface area contributed by atoms with Crippen molar-refractivity contribution >= 4 is 17.6 Å². The molecular weight excluding hydrogens is 300 g/mol. The molecule has 6 nitrogen and oxygen atoms in total. The van der Waals surface area contributed by atoms with E-state index >= 15 is 0 Å². The van der Waals surface area contributed by atoms with Crippen molar-refractivity contribution in [2.75, 3.05) is 4.90 Å². The summed E-state index contributed by atoms with van der Waals surface area (Å²) in [6.45, 7) is 3.82. The van der Waals surface area contributed by atoms with Gasteiger partial charge in [0.2, 0.25) is 11.9 Å². The maximum atomic E-state index is 9.43. The van der Waals surface area contributed by atoms with Gasteiger partial charge in [-0.25, -0.2) is 4.99 Å². The molecule has 1 spiro atoms. The van der Waals surface area contributed by atoms with Gasteiger partial charge >= 0.3 is 0 Å². The fourth-order valence-electron chi connectivity index (χ4n) is 3.59. The van der Waals surface area contributed by atoms with Crippen LogP contribution < -0.4 is 16.4 Å². The molecule has 1 fully saturated rings. The van der Waals surface area contributed by atoms with Gasteiger partial charge < -0.3 is 11.5 Å². The maximum absolute atomic E-state index is 9.43. The Kier molecular flexibility index (Phi) is 3.96. The number of hydrogen-bond acceptors (Lipinski definition) is 6. The second-order valence-electron chi connectivity index (χ2n) is 7.11. The van der Waals surface area contributed by atoms with Crippen molar-refractivity contribution in [3.63, 3.8) is 0 Å². The summed E-state index contributed by atoms with van der Waals surface area (Å²) in [5.41, 5.74) is 13.0. The summed E-state index contributed by atoms with van der Waals surface area (Å²) in [5, 5.41) is 9.43. The molecule has 0 unspecified atom stereocenters. The second kappa shape index (κ2) is 5.82. The Morgan fingerprint density at radius 3 is 2.58 bits per heavy atom. The van der Waals surface area contributed by atoms with E-state index in [-0.39, 0.29) is 5.96 Å². The van der Waals surface area contributed by atoms with Crippen LogP contribution in [0.3, 0.4) is 0 Å². The van der Waals surface area contributed by atoms with E-state index in [2.05, 4.69) is 16.1 Å². The highest BCUT2D eigenvalue weighted by Gasteiger charge is 2.42. The number of nitriles is 1. The summed E-state index contributed by atoms with van der Waals surface area (Å²) >= 11 is 0. The van der Waals surface area contributed by atoms with Gasteiger partial charge in [-0.3, -0.25) is 4.90 Å². The molecule has 1 aliphatic heterocycles. The Hall–Kier alpha value is -2.55. The zero-order valence-corrected chi connectivity index (χ0v) is 14.3. The number of anilines is 1. The number of nitrogens with two attached hydrogens (primary N) is 2. The molecule has 24 heavy (non-hydrogen) atoms. The van der Waals surface area contributed by atoms with Gasteiger partial charge in [0.05, 0.1) is 11.5 Å². The molecule has 1 aromatic carbocycles. The van der Waals surface area contributed by atoms with E-state index in [1.807, 2.05) is 43.0 Å². The third kappa shape index (κ3) is 2.71. The molecule has 0 aromatic heterocycles. The first-order chi connectivity index (χ1) is 11.4. The van der Waals surface area contributed by atoms with Crippen LogP contribution in [-0.4, -0.2) is 17.6 Å². The normalized spacial score (nSPS) is 20.3. The smallest absolute Gasteiger partial charge is 0.220 e. The quantitative estimate of drug-likeness (QED) is 0.872. The average Bonchev–Trinajstić information content (AvgIpc) is 2.55. The molecule has 0 saturated heterocycles. The molecule has 2 aliphatic rings.